The number of hydrogen-bond acceptors (Lipinski definition) is 9. The highest BCUT2D eigenvalue weighted by atomic mass is 35.5. The number of aryl methyl sites for hydroxylation is 1. The van der Waals surface area contributed by atoms with Gasteiger partial charge in [-0.2, -0.15) is 36.5 Å². The zero-order valence-electron chi connectivity index (χ0n) is 24.7. The molecule has 2 aliphatic rings. The molecule has 0 amide bonds. The maximum atomic E-state index is 12.9. The molecule has 1 aromatic heterocycles. The summed E-state index contributed by atoms with van der Waals surface area (Å²) in [5.74, 6) is 4.78. The van der Waals surface area contributed by atoms with E-state index in [4.69, 9.17) is 37.1 Å². The van der Waals surface area contributed by atoms with Crippen molar-refractivity contribution in [1.29, 1.82) is 0 Å². The summed E-state index contributed by atoms with van der Waals surface area (Å²) in [6.07, 6.45) is 5.79. The minimum Gasteiger partial charge on any atom is -0.461 e. The maximum absolute atomic E-state index is 12.9. The molecule has 0 unspecified atom stereocenters. The van der Waals surface area contributed by atoms with Gasteiger partial charge in [-0.15, -0.1) is 0 Å². The molecule has 1 N–H and O–H groups in total. The number of halogens is 2. The third-order valence-corrected chi connectivity index (χ3v) is 10.9. The van der Waals surface area contributed by atoms with Crippen molar-refractivity contribution in [2.24, 2.45) is 0 Å². The zero-order valence-corrected chi connectivity index (χ0v) is 28.7. The summed E-state index contributed by atoms with van der Waals surface area (Å²) in [5.41, 5.74) is 2.90. The number of carbonyl (C=O) groups excluding carboxylic acids is 1. The van der Waals surface area contributed by atoms with E-state index in [-0.39, 0.29) is 37.2 Å². The Bertz CT molecular complexity index is 1700. The highest BCUT2D eigenvalue weighted by Gasteiger charge is 2.29. The molecule has 2 aliphatic heterocycles. The molecule has 9 nitrogen and oxygen atoms in total. The summed E-state index contributed by atoms with van der Waals surface area (Å²) in [6, 6.07) is 10.6. The highest BCUT2D eigenvalue weighted by Crippen LogP contribution is 2.41. The van der Waals surface area contributed by atoms with Crippen LogP contribution >= 0.6 is 46.7 Å². The highest BCUT2D eigenvalue weighted by molar-refractivity contribution is 8.00. The largest absolute Gasteiger partial charge is 0.461 e. The van der Waals surface area contributed by atoms with Crippen molar-refractivity contribution >= 4 is 85.7 Å². The Morgan fingerprint density at radius 2 is 1.89 bits per heavy atom. The van der Waals surface area contributed by atoms with Gasteiger partial charge in [0.2, 0.25) is 11.5 Å². The van der Waals surface area contributed by atoms with E-state index in [2.05, 4.69) is 0 Å². The molecule has 0 aliphatic carbocycles. The average molecular weight is 715 g/mol. The van der Waals surface area contributed by atoms with Crippen LogP contribution in [0.2, 0.25) is 10.0 Å². The van der Waals surface area contributed by atoms with E-state index in [1.165, 1.54) is 6.42 Å². The number of esters is 1. The zero-order chi connectivity index (χ0) is 32.0. The monoisotopic (exact) mass is 713 g/mol. The van der Waals surface area contributed by atoms with Crippen LogP contribution in [0.4, 0.5) is 5.69 Å². The van der Waals surface area contributed by atoms with E-state index in [1.807, 2.05) is 58.1 Å². The van der Waals surface area contributed by atoms with E-state index in [1.54, 1.807) is 30.3 Å². The van der Waals surface area contributed by atoms with E-state index in [0.717, 1.165) is 34.3 Å². The predicted molar refractivity (Wildman–Crippen MR) is 182 cm³/mol. The number of anilines is 1. The molecule has 3 heterocycles. The van der Waals surface area contributed by atoms with Crippen LogP contribution in [0.15, 0.2) is 58.3 Å². The van der Waals surface area contributed by atoms with Gasteiger partial charge in [-0.25, -0.2) is 0 Å². The molecule has 14 heteroatoms. The Morgan fingerprint density at radius 1 is 1.16 bits per heavy atom. The molecule has 3 aromatic rings. The predicted octanol–water partition coefficient (Wildman–Crippen LogP) is 7.01. The standard InChI is InChI=1S/C31H34Cl2N2O7S3/c1-2-21(15-29-34(10-3-14-45(37,38)39)25-17-22(32)5-7-27(25)41-29)16-30-35(26-18-23(33)6-8-28(26)42-30)11-9-31(36)40-24-19-43-12-4-13-44-20-24/h5-8,15-18,24H,2-4,9-14,19-20H2,1H3/p+1. The first-order valence-electron chi connectivity index (χ1n) is 14.7. The molecule has 45 heavy (non-hydrogen) atoms. The van der Waals surface area contributed by atoms with Gasteiger partial charge in [-0.3, -0.25) is 9.35 Å². The van der Waals surface area contributed by atoms with E-state index >= 15 is 0 Å². The Balaban J connectivity index is 1.40. The first-order valence-corrected chi connectivity index (χ1v) is 19.4. The molecule has 0 bridgehead atoms. The lowest BCUT2D eigenvalue weighted by Crippen LogP contribution is -2.36. The molecule has 1 fully saturated rings. The Hall–Kier alpha value is -2.35. The summed E-state index contributed by atoms with van der Waals surface area (Å²) in [7, 11) is -4.12. The molecule has 5 rings (SSSR count). The topological polar surface area (TPSA) is 110 Å². The van der Waals surface area contributed by atoms with Gasteiger partial charge in [0.1, 0.15) is 6.10 Å². The van der Waals surface area contributed by atoms with E-state index in [0.29, 0.717) is 51.6 Å². The van der Waals surface area contributed by atoms with Crippen LogP contribution in [0.5, 0.6) is 5.75 Å². The lowest BCUT2D eigenvalue weighted by molar-refractivity contribution is -0.677. The first kappa shape index (κ1) is 34.0. The van der Waals surface area contributed by atoms with Crippen molar-refractivity contribution in [3.05, 3.63) is 69.9 Å². The Morgan fingerprint density at radius 3 is 2.62 bits per heavy atom. The summed E-state index contributed by atoms with van der Waals surface area (Å²) in [4.78, 5) is 14.8. The number of benzene rings is 2. The number of carbonyl (C=O) groups is 1. The van der Waals surface area contributed by atoms with Gasteiger partial charge < -0.3 is 18.8 Å². The molecule has 242 valence electrons. The average Bonchev–Trinajstić information content (AvgIpc) is 3.48. The number of ether oxygens (including phenoxy) is 2. The minimum absolute atomic E-state index is 0.100. The fraction of sp³-hybridized carbons (Fsp3) is 0.419. The molecular formula is C31H35Cl2N2O7S3+. The number of allylic oxidation sites excluding steroid dienone is 2. The summed E-state index contributed by atoms with van der Waals surface area (Å²) < 4.78 is 52.1. The maximum Gasteiger partial charge on any atom is 0.374 e. The molecule has 0 saturated carbocycles. The Labute approximate surface area is 281 Å². The van der Waals surface area contributed by atoms with Crippen molar-refractivity contribution in [3.63, 3.8) is 0 Å². The second kappa shape index (κ2) is 15.5. The molecule has 0 radical (unpaired) electrons. The van der Waals surface area contributed by atoms with Crippen LogP contribution in [-0.4, -0.2) is 60.4 Å². The van der Waals surface area contributed by atoms with Crippen molar-refractivity contribution in [1.82, 2.24) is 0 Å². The third kappa shape index (κ3) is 9.36. The van der Waals surface area contributed by atoms with Crippen molar-refractivity contribution in [2.75, 3.05) is 40.2 Å². The molecule has 0 spiro atoms. The minimum atomic E-state index is -4.12. The van der Waals surface area contributed by atoms with E-state index in [9.17, 15) is 17.8 Å². The number of thioether (sulfide) groups is 2. The molecule has 0 atom stereocenters. The van der Waals surface area contributed by atoms with Gasteiger partial charge in [0.05, 0.1) is 23.9 Å². The van der Waals surface area contributed by atoms with Crippen molar-refractivity contribution < 1.29 is 36.2 Å². The van der Waals surface area contributed by atoms with Crippen molar-refractivity contribution in [3.8, 4) is 5.75 Å². The fourth-order valence-corrected chi connectivity index (χ4v) is 8.14. The fourth-order valence-electron chi connectivity index (χ4n) is 5.05. The first-order chi connectivity index (χ1) is 21.6. The van der Waals surface area contributed by atoms with Crippen LogP contribution in [-0.2, 0) is 26.2 Å². The second-order valence-corrected chi connectivity index (χ2v) is 15.4. The van der Waals surface area contributed by atoms with Crippen LogP contribution in [0.1, 0.15) is 38.5 Å². The number of oxazole rings is 1. The van der Waals surface area contributed by atoms with Crippen molar-refractivity contribution in [2.45, 2.75) is 45.3 Å². The summed E-state index contributed by atoms with van der Waals surface area (Å²) >= 11 is 16.3. The quantitative estimate of drug-likeness (QED) is 0.127. The number of fused-ring (bicyclic) bond motifs is 2. The molecular weight excluding hydrogens is 679 g/mol. The second-order valence-electron chi connectivity index (χ2n) is 10.6. The smallest absolute Gasteiger partial charge is 0.374 e. The number of aromatic nitrogens is 1. The Kier molecular flexibility index (Phi) is 11.7. The van der Waals surface area contributed by atoms with Gasteiger partial charge >= 0.3 is 11.9 Å². The van der Waals surface area contributed by atoms with Crippen LogP contribution in [0.25, 0.3) is 17.2 Å². The van der Waals surface area contributed by atoms with Gasteiger partial charge in [-0.1, -0.05) is 30.1 Å². The van der Waals surface area contributed by atoms with Crippen LogP contribution in [0.3, 0.4) is 0 Å². The number of nitrogens with zero attached hydrogens (tertiary/aromatic N) is 2. The number of hydrogen-bond donors (Lipinski definition) is 1. The van der Waals surface area contributed by atoms with Gasteiger partial charge in [-0.05, 0) is 60.3 Å². The lowest BCUT2D eigenvalue weighted by Gasteiger charge is -2.21. The molecule has 1 saturated heterocycles. The van der Waals surface area contributed by atoms with Crippen LogP contribution in [0, 0.1) is 0 Å². The SMILES string of the molecule is CCC(=Cc1oc2ccc(Cl)cc2[n+]1CCCS(=O)(=O)O)C=C1Oc2ccc(Cl)cc2N1CCC(=O)OC1CSCCCSC1. The summed E-state index contributed by atoms with van der Waals surface area (Å²) in [6.45, 7) is 2.61. The lowest BCUT2D eigenvalue weighted by atomic mass is 10.1. The third-order valence-electron chi connectivity index (χ3n) is 7.22. The van der Waals surface area contributed by atoms with Gasteiger partial charge in [0.25, 0.3) is 15.6 Å². The van der Waals surface area contributed by atoms with Crippen LogP contribution < -0.4 is 14.2 Å². The van der Waals surface area contributed by atoms with Gasteiger partial charge in [0.15, 0.2) is 12.3 Å². The van der Waals surface area contributed by atoms with Gasteiger partial charge in [0, 0.05) is 46.7 Å². The van der Waals surface area contributed by atoms with E-state index < -0.39 is 10.1 Å². The molecule has 2 aromatic carbocycles. The number of rotatable bonds is 11. The summed E-state index contributed by atoms with van der Waals surface area (Å²) in [5, 5.41) is 1.06. The normalized spacial score (nSPS) is 17.3.